The minimum Gasteiger partial charge on any atom is -0.496 e. The molecule has 2 aromatic rings. The number of carbonyl (C=O) groups excluding carboxylic acids is 1. The molecule has 0 saturated carbocycles. The molecule has 0 radical (unpaired) electrons. The second-order valence-corrected chi connectivity index (χ2v) is 6.31. The van der Waals surface area contributed by atoms with Crippen LogP contribution < -0.4 is 10.1 Å². The number of ether oxygens (including phenoxy) is 2. The van der Waals surface area contributed by atoms with Gasteiger partial charge in [0.2, 0.25) is 0 Å². The highest BCUT2D eigenvalue weighted by molar-refractivity contribution is 9.10. The molecule has 0 aliphatic carbocycles. The van der Waals surface area contributed by atoms with E-state index >= 15 is 0 Å². The number of unbranched alkanes of at least 4 members (excludes halogenated alkanes) is 1. The zero-order valence-corrected chi connectivity index (χ0v) is 15.6. The molecule has 0 bridgehead atoms. The van der Waals surface area contributed by atoms with Gasteiger partial charge in [0, 0.05) is 27.9 Å². The van der Waals surface area contributed by atoms with E-state index in [0.717, 1.165) is 34.3 Å². The van der Waals surface area contributed by atoms with Gasteiger partial charge in [-0.2, -0.15) is 0 Å². The molecule has 0 aromatic heterocycles. The van der Waals surface area contributed by atoms with Crippen LogP contribution in [0.3, 0.4) is 0 Å². The van der Waals surface area contributed by atoms with Gasteiger partial charge in [-0.05, 0) is 48.9 Å². The van der Waals surface area contributed by atoms with E-state index in [4.69, 9.17) is 9.47 Å². The molecule has 4 nitrogen and oxygen atoms in total. The van der Waals surface area contributed by atoms with Crippen molar-refractivity contribution in [1.82, 2.24) is 0 Å². The lowest BCUT2D eigenvalue weighted by atomic mass is 10.1. The quantitative estimate of drug-likeness (QED) is 0.642. The second kappa shape index (κ2) is 9.45. The van der Waals surface area contributed by atoms with Crippen molar-refractivity contribution in [2.45, 2.75) is 26.4 Å². The summed E-state index contributed by atoms with van der Waals surface area (Å²) >= 11 is 3.38. The van der Waals surface area contributed by atoms with Gasteiger partial charge in [-0.3, -0.25) is 4.79 Å². The number of methoxy groups -OCH3 is 1. The lowest BCUT2D eigenvalue weighted by Crippen LogP contribution is -2.12. The first kappa shape index (κ1) is 18.5. The molecule has 2 rings (SSSR count). The van der Waals surface area contributed by atoms with E-state index in [2.05, 4.69) is 28.2 Å². The molecular weight excluding hydrogens is 370 g/mol. The van der Waals surface area contributed by atoms with E-state index in [-0.39, 0.29) is 5.91 Å². The van der Waals surface area contributed by atoms with Crippen molar-refractivity contribution in [3.8, 4) is 5.75 Å². The molecule has 2 aromatic carbocycles. The number of rotatable bonds is 8. The molecule has 0 aliphatic rings. The predicted molar refractivity (Wildman–Crippen MR) is 99.7 cm³/mol. The van der Waals surface area contributed by atoms with Gasteiger partial charge in [0.25, 0.3) is 5.91 Å². The van der Waals surface area contributed by atoms with Gasteiger partial charge < -0.3 is 14.8 Å². The summed E-state index contributed by atoms with van der Waals surface area (Å²) in [6.45, 7) is 3.26. The van der Waals surface area contributed by atoms with Crippen LogP contribution in [0.2, 0.25) is 0 Å². The van der Waals surface area contributed by atoms with Crippen molar-refractivity contribution in [3.05, 3.63) is 58.1 Å². The van der Waals surface area contributed by atoms with Crippen LogP contribution in [0.1, 0.15) is 35.7 Å². The van der Waals surface area contributed by atoms with E-state index in [1.165, 1.54) is 0 Å². The molecule has 0 heterocycles. The van der Waals surface area contributed by atoms with Gasteiger partial charge in [-0.25, -0.2) is 0 Å². The molecule has 0 saturated heterocycles. The molecule has 24 heavy (non-hydrogen) atoms. The zero-order valence-electron chi connectivity index (χ0n) is 14.0. The molecule has 0 fully saturated rings. The van der Waals surface area contributed by atoms with Crippen molar-refractivity contribution >= 4 is 27.5 Å². The first-order valence-corrected chi connectivity index (χ1v) is 8.75. The van der Waals surface area contributed by atoms with Crippen LogP contribution in [0.5, 0.6) is 5.75 Å². The molecule has 5 heteroatoms. The van der Waals surface area contributed by atoms with Crippen molar-refractivity contribution in [3.63, 3.8) is 0 Å². The molecular formula is C19H22BrNO3. The highest BCUT2D eigenvalue weighted by atomic mass is 79.9. The fraction of sp³-hybridized carbons (Fsp3) is 0.316. The van der Waals surface area contributed by atoms with Crippen LogP contribution in [-0.2, 0) is 11.3 Å². The second-order valence-electron chi connectivity index (χ2n) is 5.39. The number of hydrogen-bond donors (Lipinski definition) is 1. The average Bonchev–Trinajstić information content (AvgIpc) is 2.60. The van der Waals surface area contributed by atoms with E-state index < -0.39 is 0 Å². The van der Waals surface area contributed by atoms with Crippen LogP contribution in [0, 0.1) is 0 Å². The minimum absolute atomic E-state index is 0.158. The molecule has 0 atom stereocenters. The Morgan fingerprint density at radius 1 is 1.17 bits per heavy atom. The molecule has 1 N–H and O–H groups in total. The van der Waals surface area contributed by atoms with E-state index in [1.807, 2.05) is 30.3 Å². The summed E-state index contributed by atoms with van der Waals surface area (Å²) in [5, 5.41) is 2.89. The monoisotopic (exact) mass is 391 g/mol. The topological polar surface area (TPSA) is 47.6 Å². The molecule has 0 aliphatic heterocycles. The van der Waals surface area contributed by atoms with Gasteiger partial charge >= 0.3 is 0 Å². The predicted octanol–water partition coefficient (Wildman–Crippen LogP) is 5.03. The van der Waals surface area contributed by atoms with Crippen molar-refractivity contribution in [2.75, 3.05) is 19.0 Å². The SMILES string of the molecule is CCCCOCc1cc(C(=O)Nc2ccc(Br)cc2)ccc1OC. The molecule has 0 spiro atoms. The van der Waals surface area contributed by atoms with Gasteiger partial charge in [-0.15, -0.1) is 0 Å². The van der Waals surface area contributed by atoms with E-state index in [1.54, 1.807) is 19.2 Å². The number of amides is 1. The fourth-order valence-electron chi connectivity index (χ4n) is 2.20. The third kappa shape index (κ3) is 5.35. The third-order valence-corrected chi connectivity index (χ3v) is 4.07. The van der Waals surface area contributed by atoms with Gasteiger partial charge in [0.1, 0.15) is 5.75 Å². The minimum atomic E-state index is -0.158. The summed E-state index contributed by atoms with van der Waals surface area (Å²) in [5.74, 6) is 0.571. The van der Waals surface area contributed by atoms with Gasteiger partial charge in [0.15, 0.2) is 0 Å². The number of hydrogen-bond acceptors (Lipinski definition) is 3. The summed E-state index contributed by atoms with van der Waals surface area (Å²) in [7, 11) is 1.62. The first-order chi connectivity index (χ1) is 11.6. The maximum Gasteiger partial charge on any atom is 0.255 e. The Balaban J connectivity index is 2.08. The van der Waals surface area contributed by atoms with Crippen molar-refractivity contribution in [2.24, 2.45) is 0 Å². The lowest BCUT2D eigenvalue weighted by molar-refractivity contribution is 0.102. The summed E-state index contributed by atoms with van der Waals surface area (Å²) in [6, 6.07) is 12.8. The van der Waals surface area contributed by atoms with Crippen LogP contribution in [0.15, 0.2) is 46.9 Å². The van der Waals surface area contributed by atoms with Crippen molar-refractivity contribution < 1.29 is 14.3 Å². The van der Waals surface area contributed by atoms with Gasteiger partial charge in [0.05, 0.1) is 13.7 Å². The Morgan fingerprint density at radius 3 is 2.58 bits per heavy atom. The smallest absolute Gasteiger partial charge is 0.255 e. The Kier molecular flexibility index (Phi) is 7.28. The Morgan fingerprint density at radius 2 is 1.92 bits per heavy atom. The molecule has 0 unspecified atom stereocenters. The number of carbonyl (C=O) groups is 1. The Labute approximate surface area is 151 Å². The standard InChI is InChI=1S/C19H22BrNO3/c1-3-4-11-24-13-15-12-14(5-10-18(15)23-2)19(22)21-17-8-6-16(20)7-9-17/h5-10,12H,3-4,11,13H2,1-2H3,(H,21,22). The van der Waals surface area contributed by atoms with Gasteiger partial charge in [-0.1, -0.05) is 29.3 Å². The van der Waals surface area contributed by atoms with Crippen LogP contribution in [0.25, 0.3) is 0 Å². The summed E-state index contributed by atoms with van der Waals surface area (Å²) in [5.41, 5.74) is 2.20. The summed E-state index contributed by atoms with van der Waals surface area (Å²) in [4.78, 5) is 12.4. The maximum absolute atomic E-state index is 12.4. The van der Waals surface area contributed by atoms with E-state index in [0.29, 0.717) is 18.8 Å². The number of anilines is 1. The normalized spacial score (nSPS) is 10.5. The summed E-state index contributed by atoms with van der Waals surface area (Å²) in [6.07, 6.45) is 2.11. The summed E-state index contributed by atoms with van der Waals surface area (Å²) < 4.78 is 12.0. The number of halogens is 1. The third-order valence-electron chi connectivity index (χ3n) is 3.54. The highest BCUT2D eigenvalue weighted by Gasteiger charge is 2.11. The Hall–Kier alpha value is -1.85. The van der Waals surface area contributed by atoms with E-state index in [9.17, 15) is 4.79 Å². The average molecular weight is 392 g/mol. The zero-order chi connectivity index (χ0) is 17.4. The fourth-order valence-corrected chi connectivity index (χ4v) is 2.46. The maximum atomic E-state index is 12.4. The Bertz CT molecular complexity index is 671. The van der Waals surface area contributed by atoms with Crippen molar-refractivity contribution in [1.29, 1.82) is 0 Å². The largest absolute Gasteiger partial charge is 0.496 e. The lowest BCUT2D eigenvalue weighted by Gasteiger charge is -2.12. The molecule has 128 valence electrons. The number of benzene rings is 2. The van der Waals surface area contributed by atoms with Crippen LogP contribution in [0.4, 0.5) is 5.69 Å². The number of nitrogens with one attached hydrogen (secondary N) is 1. The molecule has 1 amide bonds. The highest BCUT2D eigenvalue weighted by Crippen LogP contribution is 2.22. The van der Waals surface area contributed by atoms with Crippen LogP contribution >= 0.6 is 15.9 Å². The first-order valence-electron chi connectivity index (χ1n) is 7.95. The van der Waals surface area contributed by atoms with Crippen LogP contribution in [-0.4, -0.2) is 19.6 Å².